The Labute approximate surface area is 127 Å². The molecular formula is C18H12N4. The van der Waals surface area contributed by atoms with Crippen molar-refractivity contribution in [3.8, 4) is 22.5 Å². The predicted molar refractivity (Wildman–Crippen MR) is 86.0 cm³/mol. The smallest absolute Gasteiger partial charge is 0.0891 e. The normalized spacial score (nSPS) is 10.7. The molecule has 3 heterocycles. The van der Waals surface area contributed by atoms with E-state index in [0.29, 0.717) is 0 Å². The van der Waals surface area contributed by atoms with Crippen molar-refractivity contribution in [3.05, 3.63) is 73.6 Å². The quantitative estimate of drug-likeness (QED) is 0.562. The van der Waals surface area contributed by atoms with Gasteiger partial charge in [0, 0.05) is 47.5 Å². The number of benzene rings is 1. The van der Waals surface area contributed by atoms with Gasteiger partial charge in [-0.25, -0.2) is 0 Å². The van der Waals surface area contributed by atoms with Crippen molar-refractivity contribution in [1.82, 2.24) is 19.9 Å². The Morgan fingerprint density at radius 3 is 2.41 bits per heavy atom. The molecule has 0 aliphatic rings. The van der Waals surface area contributed by atoms with Gasteiger partial charge in [0.2, 0.25) is 0 Å². The number of fused-ring (bicyclic) bond motifs is 1. The lowest BCUT2D eigenvalue weighted by atomic mass is 10.00. The van der Waals surface area contributed by atoms with Crippen molar-refractivity contribution in [1.29, 1.82) is 0 Å². The van der Waals surface area contributed by atoms with Crippen LogP contribution >= 0.6 is 0 Å². The zero-order valence-corrected chi connectivity index (χ0v) is 11.7. The molecule has 0 spiro atoms. The van der Waals surface area contributed by atoms with Crippen molar-refractivity contribution < 1.29 is 0 Å². The molecule has 0 N–H and O–H groups in total. The largest absolute Gasteiger partial charge is 0.264 e. The van der Waals surface area contributed by atoms with E-state index in [1.54, 1.807) is 24.8 Å². The molecule has 0 aliphatic heterocycles. The predicted octanol–water partition coefficient (Wildman–Crippen LogP) is 3.75. The fourth-order valence-electron chi connectivity index (χ4n) is 2.60. The summed E-state index contributed by atoms with van der Waals surface area (Å²) in [6.07, 6.45) is 10.6. The van der Waals surface area contributed by atoms with E-state index >= 15 is 0 Å². The summed E-state index contributed by atoms with van der Waals surface area (Å²) in [5, 5.41) is 2.19. The van der Waals surface area contributed by atoms with E-state index in [4.69, 9.17) is 0 Å². The highest BCUT2D eigenvalue weighted by molar-refractivity contribution is 6.02. The number of hydrogen-bond donors (Lipinski definition) is 0. The Morgan fingerprint density at radius 2 is 1.59 bits per heavy atom. The van der Waals surface area contributed by atoms with Crippen molar-refractivity contribution in [3.63, 3.8) is 0 Å². The van der Waals surface area contributed by atoms with Crippen LogP contribution in [-0.4, -0.2) is 19.9 Å². The lowest BCUT2D eigenvalue weighted by molar-refractivity contribution is 1.21. The van der Waals surface area contributed by atoms with Crippen LogP contribution in [0.15, 0.2) is 73.6 Å². The first-order valence-corrected chi connectivity index (χ1v) is 6.98. The second-order valence-electron chi connectivity index (χ2n) is 4.89. The molecule has 0 amide bonds. The Hall–Kier alpha value is -3.14. The van der Waals surface area contributed by atoms with Crippen molar-refractivity contribution in [2.24, 2.45) is 0 Å². The third-order valence-electron chi connectivity index (χ3n) is 3.58. The van der Waals surface area contributed by atoms with Gasteiger partial charge in [-0.05, 0) is 23.6 Å². The first-order valence-electron chi connectivity index (χ1n) is 6.98. The summed E-state index contributed by atoms with van der Waals surface area (Å²) in [7, 11) is 0. The van der Waals surface area contributed by atoms with E-state index in [2.05, 4.69) is 32.1 Å². The van der Waals surface area contributed by atoms with Gasteiger partial charge in [0.25, 0.3) is 0 Å². The summed E-state index contributed by atoms with van der Waals surface area (Å²) in [6, 6.07) is 12.1. The molecule has 0 atom stereocenters. The standard InChI is InChI=1S/C18H12N4/c1-4-15(17-12-20-9-10-21-17)14-6-8-22-18(16(14)5-1)13-3-2-7-19-11-13/h1-12H. The molecule has 0 saturated carbocycles. The van der Waals surface area contributed by atoms with Crippen LogP contribution in [0.25, 0.3) is 33.3 Å². The van der Waals surface area contributed by atoms with Crippen LogP contribution < -0.4 is 0 Å². The van der Waals surface area contributed by atoms with Crippen molar-refractivity contribution >= 4 is 10.8 Å². The van der Waals surface area contributed by atoms with Crippen LogP contribution in [0.2, 0.25) is 0 Å². The molecule has 0 radical (unpaired) electrons. The second-order valence-corrected chi connectivity index (χ2v) is 4.89. The third-order valence-corrected chi connectivity index (χ3v) is 3.58. The summed E-state index contributed by atoms with van der Waals surface area (Å²) >= 11 is 0. The fraction of sp³-hybridized carbons (Fsp3) is 0. The summed E-state index contributed by atoms with van der Waals surface area (Å²) in [6.45, 7) is 0. The van der Waals surface area contributed by atoms with Gasteiger partial charge in [0.1, 0.15) is 0 Å². The average Bonchev–Trinajstić information content (AvgIpc) is 2.62. The number of nitrogens with zero attached hydrogens (tertiary/aromatic N) is 4. The van der Waals surface area contributed by atoms with Gasteiger partial charge >= 0.3 is 0 Å². The van der Waals surface area contributed by atoms with Crippen molar-refractivity contribution in [2.45, 2.75) is 0 Å². The Morgan fingerprint density at radius 1 is 0.636 bits per heavy atom. The summed E-state index contributed by atoms with van der Waals surface area (Å²) in [5.41, 5.74) is 3.84. The van der Waals surface area contributed by atoms with Crippen LogP contribution in [0.3, 0.4) is 0 Å². The molecule has 0 aliphatic carbocycles. The Kier molecular flexibility index (Phi) is 3.05. The average molecular weight is 284 g/mol. The third kappa shape index (κ3) is 2.11. The summed E-state index contributed by atoms with van der Waals surface area (Å²) in [5.74, 6) is 0. The zero-order chi connectivity index (χ0) is 14.8. The van der Waals surface area contributed by atoms with E-state index in [1.807, 2.05) is 36.7 Å². The van der Waals surface area contributed by atoms with Gasteiger partial charge in [-0.3, -0.25) is 19.9 Å². The van der Waals surface area contributed by atoms with Gasteiger partial charge in [0.05, 0.1) is 17.6 Å². The van der Waals surface area contributed by atoms with Crippen LogP contribution in [0.1, 0.15) is 0 Å². The first-order chi connectivity index (χ1) is 10.9. The number of rotatable bonds is 2. The van der Waals surface area contributed by atoms with E-state index in [1.165, 1.54) is 0 Å². The summed E-state index contributed by atoms with van der Waals surface area (Å²) < 4.78 is 0. The molecule has 4 nitrogen and oxygen atoms in total. The minimum absolute atomic E-state index is 0.858. The molecule has 4 aromatic rings. The van der Waals surface area contributed by atoms with E-state index < -0.39 is 0 Å². The maximum atomic E-state index is 4.54. The fourth-order valence-corrected chi connectivity index (χ4v) is 2.60. The van der Waals surface area contributed by atoms with Gasteiger partial charge in [0.15, 0.2) is 0 Å². The van der Waals surface area contributed by atoms with Crippen LogP contribution in [0.5, 0.6) is 0 Å². The van der Waals surface area contributed by atoms with Crippen LogP contribution in [0, 0.1) is 0 Å². The summed E-state index contributed by atoms with van der Waals surface area (Å²) in [4.78, 5) is 17.3. The highest BCUT2D eigenvalue weighted by atomic mass is 14.8. The van der Waals surface area contributed by atoms with Gasteiger partial charge < -0.3 is 0 Å². The zero-order valence-electron chi connectivity index (χ0n) is 11.7. The van der Waals surface area contributed by atoms with E-state index in [9.17, 15) is 0 Å². The minimum atomic E-state index is 0.858. The first kappa shape index (κ1) is 12.6. The van der Waals surface area contributed by atoms with Gasteiger partial charge in [-0.2, -0.15) is 0 Å². The van der Waals surface area contributed by atoms with Gasteiger partial charge in [-0.15, -0.1) is 0 Å². The lowest BCUT2D eigenvalue weighted by Crippen LogP contribution is -1.90. The van der Waals surface area contributed by atoms with Crippen LogP contribution in [-0.2, 0) is 0 Å². The molecule has 3 aromatic heterocycles. The molecule has 22 heavy (non-hydrogen) atoms. The maximum Gasteiger partial charge on any atom is 0.0891 e. The maximum absolute atomic E-state index is 4.54. The van der Waals surface area contributed by atoms with Gasteiger partial charge in [-0.1, -0.05) is 18.2 Å². The molecule has 4 heteroatoms. The highest BCUT2D eigenvalue weighted by Crippen LogP contribution is 2.31. The van der Waals surface area contributed by atoms with Crippen LogP contribution in [0.4, 0.5) is 0 Å². The van der Waals surface area contributed by atoms with E-state index in [0.717, 1.165) is 33.3 Å². The van der Waals surface area contributed by atoms with Crippen molar-refractivity contribution in [2.75, 3.05) is 0 Å². The molecule has 0 bridgehead atoms. The van der Waals surface area contributed by atoms with E-state index in [-0.39, 0.29) is 0 Å². The number of pyridine rings is 2. The number of hydrogen-bond acceptors (Lipinski definition) is 4. The molecule has 0 unspecified atom stereocenters. The lowest BCUT2D eigenvalue weighted by Gasteiger charge is -2.09. The monoisotopic (exact) mass is 284 g/mol. The molecule has 0 fully saturated rings. The SMILES string of the molecule is c1cncc(-c2nccc3c(-c4cnccn4)cccc23)c1. The minimum Gasteiger partial charge on any atom is -0.264 e. The second kappa shape index (κ2) is 5.33. The number of aromatic nitrogens is 4. The molecule has 4 rings (SSSR count). The Bertz CT molecular complexity index is 842. The molecule has 1 aromatic carbocycles. The topological polar surface area (TPSA) is 51.6 Å². The molecular weight excluding hydrogens is 272 g/mol. The Balaban J connectivity index is 2.00. The molecule has 0 saturated heterocycles. The highest BCUT2D eigenvalue weighted by Gasteiger charge is 2.10. The molecule has 104 valence electrons.